The summed E-state index contributed by atoms with van der Waals surface area (Å²) >= 11 is 4.00. The van der Waals surface area contributed by atoms with Crippen LogP contribution < -0.4 is 0 Å². The van der Waals surface area contributed by atoms with Crippen molar-refractivity contribution in [1.82, 2.24) is 0 Å². The number of rotatable bonds is 2. The van der Waals surface area contributed by atoms with Crippen molar-refractivity contribution in [1.29, 1.82) is 0 Å². The molecular formula is C3H4F3S. The largest absolute Gasteiger partial charge is 0.270 e. The maximum absolute atomic E-state index is 11.4. The highest BCUT2D eigenvalue weighted by Gasteiger charge is 2.16. The normalized spacial score (nSPS) is 15.0. The average molecular weight is 129 g/mol. The maximum Gasteiger partial charge on any atom is 0.270 e. The van der Waals surface area contributed by atoms with Gasteiger partial charge in [-0.25, -0.2) is 13.2 Å². The molecule has 0 aliphatic carbocycles. The van der Waals surface area contributed by atoms with Gasteiger partial charge in [-0.1, -0.05) is 12.6 Å². The number of alkyl halides is 3. The second-order valence-electron chi connectivity index (χ2n) is 1.02. The molecule has 0 nitrogen and oxygen atoms in total. The SMILES string of the molecule is FC(F)C(F)C[S]. The Labute approximate surface area is 45.1 Å². The molecule has 0 aromatic rings. The lowest BCUT2D eigenvalue weighted by molar-refractivity contribution is 0.0630. The van der Waals surface area contributed by atoms with Gasteiger partial charge >= 0.3 is 0 Å². The third-order valence-corrected chi connectivity index (χ3v) is 0.751. The standard InChI is InChI=1S/C3H4F3S/c4-2(1-7)3(5)6/h2-3H,1H2. The Balaban J connectivity index is 3.14. The predicted octanol–water partition coefficient (Wildman–Crippen LogP) is 1.79. The van der Waals surface area contributed by atoms with Crippen LogP contribution in [-0.2, 0) is 0 Å². The van der Waals surface area contributed by atoms with Crippen molar-refractivity contribution in [2.24, 2.45) is 0 Å². The highest BCUT2D eigenvalue weighted by Crippen LogP contribution is 2.05. The minimum absolute atomic E-state index is 0.516. The molecule has 1 unspecified atom stereocenters. The molecule has 0 spiro atoms. The van der Waals surface area contributed by atoms with Crippen LogP contribution in [0.1, 0.15) is 0 Å². The molecule has 0 aromatic heterocycles. The summed E-state index contributed by atoms with van der Waals surface area (Å²) in [6.45, 7) is 0. The van der Waals surface area contributed by atoms with Gasteiger partial charge in [0.15, 0.2) is 6.17 Å². The zero-order valence-corrected chi connectivity index (χ0v) is 4.22. The van der Waals surface area contributed by atoms with Crippen molar-refractivity contribution in [3.63, 3.8) is 0 Å². The summed E-state index contributed by atoms with van der Waals surface area (Å²) in [6.07, 6.45) is -5.02. The molecule has 1 radical (unpaired) electrons. The Hall–Kier alpha value is 0.140. The second-order valence-corrected chi connectivity index (χ2v) is 1.35. The lowest BCUT2D eigenvalue weighted by Crippen LogP contribution is -2.12. The van der Waals surface area contributed by atoms with Gasteiger partial charge in [-0.2, -0.15) is 0 Å². The molecule has 0 aliphatic heterocycles. The summed E-state index contributed by atoms with van der Waals surface area (Å²) in [5.41, 5.74) is 0. The summed E-state index contributed by atoms with van der Waals surface area (Å²) in [6, 6.07) is 0. The van der Waals surface area contributed by atoms with Gasteiger partial charge in [-0.05, 0) is 0 Å². The maximum atomic E-state index is 11.4. The third-order valence-electron chi connectivity index (χ3n) is 0.433. The van der Waals surface area contributed by atoms with E-state index in [-0.39, 0.29) is 0 Å². The fraction of sp³-hybridized carbons (Fsp3) is 1.00. The smallest absolute Gasteiger partial charge is 0.240 e. The Morgan fingerprint density at radius 1 is 1.29 bits per heavy atom. The van der Waals surface area contributed by atoms with E-state index in [1.165, 1.54) is 0 Å². The van der Waals surface area contributed by atoms with Gasteiger partial charge in [-0.15, -0.1) is 0 Å². The summed E-state index contributed by atoms with van der Waals surface area (Å²) in [5.74, 6) is -0.516. The van der Waals surface area contributed by atoms with Gasteiger partial charge in [0.25, 0.3) is 6.43 Å². The van der Waals surface area contributed by atoms with Crippen LogP contribution in [-0.4, -0.2) is 18.3 Å². The topological polar surface area (TPSA) is 0 Å². The minimum Gasteiger partial charge on any atom is -0.240 e. The monoisotopic (exact) mass is 129 g/mol. The van der Waals surface area contributed by atoms with Crippen LogP contribution in [0.4, 0.5) is 13.2 Å². The predicted molar refractivity (Wildman–Crippen MR) is 23.4 cm³/mol. The van der Waals surface area contributed by atoms with E-state index in [2.05, 4.69) is 12.6 Å². The first-order valence-electron chi connectivity index (χ1n) is 1.68. The van der Waals surface area contributed by atoms with E-state index in [1.54, 1.807) is 0 Å². The van der Waals surface area contributed by atoms with Crippen LogP contribution in [0, 0.1) is 0 Å². The summed E-state index contributed by atoms with van der Waals surface area (Å²) in [5, 5.41) is 0. The van der Waals surface area contributed by atoms with Crippen LogP contribution in [0.2, 0.25) is 0 Å². The minimum atomic E-state index is -2.91. The first-order chi connectivity index (χ1) is 3.18. The molecule has 0 amide bonds. The molecule has 0 bridgehead atoms. The zero-order valence-electron chi connectivity index (χ0n) is 3.40. The molecular weight excluding hydrogens is 125 g/mol. The van der Waals surface area contributed by atoms with Gasteiger partial charge in [0, 0.05) is 5.75 Å². The molecule has 0 N–H and O–H groups in total. The van der Waals surface area contributed by atoms with Gasteiger partial charge in [0.05, 0.1) is 0 Å². The van der Waals surface area contributed by atoms with E-state index in [4.69, 9.17) is 0 Å². The van der Waals surface area contributed by atoms with Crippen LogP contribution in [0.5, 0.6) is 0 Å². The summed E-state index contributed by atoms with van der Waals surface area (Å²) < 4.78 is 33.4. The third kappa shape index (κ3) is 2.79. The van der Waals surface area contributed by atoms with Crippen molar-refractivity contribution in [3.05, 3.63) is 0 Å². The van der Waals surface area contributed by atoms with Crippen molar-refractivity contribution in [2.45, 2.75) is 12.6 Å². The molecule has 1 atom stereocenters. The van der Waals surface area contributed by atoms with Gasteiger partial charge in [0.1, 0.15) is 0 Å². The molecule has 0 fully saturated rings. The molecule has 0 saturated carbocycles. The summed E-state index contributed by atoms with van der Waals surface area (Å²) in [7, 11) is 0. The van der Waals surface area contributed by atoms with E-state index < -0.39 is 18.3 Å². The van der Waals surface area contributed by atoms with E-state index >= 15 is 0 Å². The van der Waals surface area contributed by atoms with Crippen LogP contribution >= 0.6 is 12.6 Å². The zero-order chi connectivity index (χ0) is 5.86. The van der Waals surface area contributed by atoms with Crippen molar-refractivity contribution in [2.75, 3.05) is 5.75 Å². The van der Waals surface area contributed by atoms with Gasteiger partial charge in [-0.3, -0.25) is 0 Å². The Kier molecular flexibility index (Phi) is 3.25. The molecule has 43 valence electrons. The molecule has 0 rings (SSSR count). The Bertz CT molecular complexity index is 47.4. The van der Waals surface area contributed by atoms with E-state index in [9.17, 15) is 13.2 Å². The second kappa shape index (κ2) is 3.18. The number of halogens is 3. The number of hydrogen-bond acceptors (Lipinski definition) is 0. The lowest BCUT2D eigenvalue weighted by Gasteiger charge is -1.97. The van der Waals surface area contributed by atoms with E-state index in [0.717, 1.165) is 0 Å². The molecule has 0 aliphatic rings. The van der Waals surface area contributed by atoms with E-state index in [0.29, 0.717) is 0 Å². The molecule has 4 heteroatoms. The van der Waals surface area contributed by atoms with Gasteiger partial charge in [0.2, 0.25) is 0 Å². The van der Waals surface area contributed by atoms with Crippen LogP contribution in [0.15, 0.2) is 0 Å². The quantitative estimate of drug-likeness (QED) is 0.533. The fourth-order valence-corrected chi connectivity index (χ4v) is 0.218. The molecule has 0 saturated heterocycles. The molecule has 0 aromatic carbocycles. The first kappa shape index (κ1) is 7.14. The molecule has 7 heavy (non-hydrogen) atoms. The summed E-state index contributed by atoms with van der Waals surface area (Å²) in [4.78, 5) is 0. The van der Waals surface area contributed by atoms with Gasteiger partial charge < -0.3 is 0 Å². The van der Waals surface area contributed by atoms with Crippen molar-refractivity contribution < 1.29 is 13.2 Å². The van der Waals surface area contributed by atoms with Crippen LogP contribution in [0.25, 0.3) is 0 Å². The van der Waals surface area contributed by atoms with Crippen molar-refractivity contribution in [3.8, 4) is 0 Å². The Morgan fingerprint density at radius 3 is 1.71 bits per heavy atom. The van der Waals surface area contributed by atoms with Crippen molar-refractivity contribution >= 4 is 12.6 Å². The number of hydrogen-bond donors (Lipinski definition) is 0. The fourth-order valence-electron chi connectivity index (χ4n) is 0.0727. The highest BCUT2D eigenvalue weighted by atomic mass is 32.1. The Morgan fingerprint density at radius 2 is 1.71 bits per heavy atom. The highest BCUT2D eigenvalue weighted by molar-refractivity contribution is 7.80. The average Bonchev–Trinajstić information content (AvgIpc) is 1.65. The van der Waals surface area contributed by atoms with E-state index in [1.807, 2.05) is 0 Å². The van der Waals surface area contributed by atoms with Crippen LogP contribution in [0.3, 0.4) is 0 Å². The first-order valence-corrected chi connectivity index (χ1v) is 2.26. The lowest BCUT2D eigenvalue weighted by atomic mass is 10.5. The molecule has 0 heterocycles.